The number of aryl methyl sites for hydroxylation is 1. The second kappa shape index (κ2) is 8.76. The van der Waals surface area contributed by atoms with Crippen molar-refractivity contribution < 1.29 is 4.79 Å². The molecule has 0 bridgehead atoms. The van der Waals surface area contributed by atoms with E-state index in [4.69, 9.17) is 11.6 Å². The van der Waals surface area contributed by atoms with Crippen LogP contribution >= 0.6 is 11.6 Å². The smallest absolute Gasteiger partial charge is 0.272 e. The molecule has 2 aromatic heterocycles. The van der Waals surface area contributed by atoms with Crippen molar-refractivity contribution in [3.8, 4) is 0 Å². The lowest BCUT2D eigenvalue weighted by molar-refractivity contribution is 0.0944. The highest BCUT2D eigenvalue weighted by atomic mass is 35.5. The van der Waals surface area contributed by atoms with Crippen molar-refractivity contribution in [1.82, 2.24) is 25.4 Å². The molecule has 3 aromatic rings. The lowest BCUT2D eigenvalue weighted by Gasteiger charge is -2.24. The van der Waals surface area contributed by atoms with Gasteiger partial charge in [-0.3, -0.25) is 14.5 Å². The van der Waals surface area contributed by atoms with Gasteiger partial charge in [0, 0.05) is 54.9 Å². The Bertz CT molecular complexity index is 1000. The molecule has 1 atom stereocenters. The topological polar surface area (TPSA) is 71.8 Å². The number of amides is 1. The normalized spacial score (nSPS) is 15.7. The van der Waals surface area contributed by atoms with E-state index in [1.807, 2.05) is 48.1 Å². The van der Waals surface area contributed by atoms with Crippen LogP contribution in [0.4, 0.5) is 0 Å². The summed E-state index contributed by atoms with van der Waals surface area (Å²) in [6, 6.07) is 11.9. The number of carbonyl (C=O) groups excluding carboxylic acids is 1. The first-order valence-electron chi connectivity index (χ1n) is 9.80. The molecule has 0 spiro atoms. The second-order valence-corrected chi connectivity index (χ2v) is 7.75. The lowest BCUT2D eigenvalue weighted by Crippen LogP contribution is -2.35. The zero-order valence-electron chi connectivity index (χ0n) is 16.4. The Morgan fingerprint density at radius 3 is 2.79 bits per heavy atom. The zero-order chi connectivity index (χ0) is 20.2. The van der Waals surface area contributed by atoms with Gasteiger partial charge in [-0.15, -0.1) is 0 Å². The molecule has 6 nitrogen and oxygen atoms in total. The molecular weight excluding hydrogens is 386 g/mol. The van der Waals surface area contributed by atoms with E-state index < -0.39 is 0 Å². The largest absolute Gasteiger partial charge is 0.347 e. The first-order valence-corrected chi connectivity index (χ1v) is 10.2. The minimum Gasteiger partial charge on any atom is -0.347 e. The molecular formula is C22H24ClN5O. The number of benzene rings is 1. The van der Waals surface area contributed by atoms with E-state index in [-0.39, 0.29) is 11.9 Å². The van der Waals surface area contributed by atoms with E-state index in [9.17, 15) is 4.79 Å². The van der Waals surface area contributed by atoms with Crippen molar-refractivity contribution in [2.24, 2.45) is 7.05 Å². The maximum absolute atomic E-state index is 12.8. The van der Waals surface area contributed by atoms with Crippen LogP contribution in [0.25, 0.3) is 0 Å². The van der Waals surface area contributed by atoms with E-state index in [0.29, 0.717) is 18.8 Å². The summed E-state index contributed by atoms with van der Waals surface area (Å²) in [4.78, 5) is 16.8. The Labute approximate surface area is 175 Å². The summed E-state index contributed by atoms with van der Waals surface area (Å²) in [6.45, 7) is 1.17. The van der Waals surface area contributed by atoms with Gasteiger partial charge in [-0.05, 0) is 48.6 Å². The van der Waals surface area contributed by atoms with Crippen LogP contribution in [0.15, 0.2) is 48.8 Å². The van der Waals surface area contributed by atoms with Crippen molar-refractivity contribution in [2.75, 3.05) is 0 Å². The maximum atomic E-state index is 12.8. The van der Waals surface area contributed by atoms with Crippen LogP contribution in [-0.2, 0) is 33.0 Å². The van der Waals surface area contributed by atoms with Crippen LogP contribution in [0, 0.1) is 0 Å². The molecule has 1 amide bonds. The van der Waals surface area contributed by atoms with E-state index >= 15 is 0 Å². The third kappa shape index (κ3) is 4.49. The Morgan fingerprint density at radius 2 is 2.00 bits per heavy atom. The fourth-order valence-corrected chi connectivity index (χ4v) is 4.01. The zero-order valence-corrected chi connectivity index (χ0v) is 17.1. The number of hydrogen-bond donors (Lipinski definition) is 2. The van der Waals surface area contributed by atoms with Crippen LogP contribution in [0.5, 0.6) is 0 Å². The summed E-state index contributed by atoms with van der Waals surface area (Å²) in [5.41, 5.74) is 4.82. The summed E-state index contributed by atoms with van der Waals surface area (Å²) >= 11 is 6.27. The van der Waals surface area contributed by atoms with E-state index in [0.717, 1.165) is 46.7 Å². The molecule has 4 rings (SSSR count). The van der Waals surface area contributed by atoms with Crippen molar-refractivity contribution in [3.05, 3.63) is 81.9 Å². The van der Waals surface area contributed by atoms with E-state index in [1.54, 1.807) is 12.4 Å². The first kappa shape index (κ1) is 19.6. The molecule has 0 saturated heterocycles. The molecule has 0 aliphatic heterocycles. The van der Waals surface area contributed by atoms with Gasteiger partial charge in [-0.1, -0.05) is 29.8 Å². The van der Waals surface area contributed by atoms with Crippen molar-refractivity contribution >= 4 is 17.5 Å². The molecule has 0 radical (unpaired) electrons. The van der Waals surface area contributed by atoms with Gasteiger partial charge in [-0.2, -0.15) is 5.10 Å². The van der Waals surface area contributed by atoms with Crippen LogP contribution in [0.3, 0.4) is 0 Å². The molecule has 2 heterocycles. The van der Waals surface area contributed by atoms with Crippen molar-refractivity contribution in [2.45, 2.75) is 38.4 Å². The fraction of sp³-hybridized carbons (Fsp3) is 0.318. The van der Waals surface area contributed by atoms with Gasteiger partial charge in [0.05, 0.1) is 0 Å². The third-order valence-corrected chi connectivity index (χ3v) is 5.78. The molecule has 1 unspecified atom stereocenters. The van der Waals surface area contributed by atoms with Gasteiger partial charge in [0.1, 0.15) is 0 Å². The molecule has 150 valence electrons. The summed E-state index contributed by atoms with van der Waals surface area (Å²) in [6.07, 6.45) is 6.14. The molecule has 29 heavy (non-hydrogen) atoms. The highest BCUT2D eigenvalue weighted by Gasteiger charge is 2.28. The number of aromatic nitrogens is 3. The number of pyridine rings is 1. The summed E-state index contributed by atoms with van der Waals surface area (Å²) < 4.78 is 1.85. The second-order valence-electron chi connectivity index (χ2n) is 7.35. The van der Waals surface area contributed by atoms with E-state index in [2.05, 4.69) is 20.7 Å². The Morgan fingerprint density at radius 1 is 1.21 bits per heavy atom. The lowest BCUT2D eigenvalue weighted by atomic mass is 9.91. The molecule has 0 fully saturated rings. The molecule has 1 aromatic carbocycles. The van der Waals surface area contributed by atoms with Gasteiger partial charge in [0.15, 0.2) is 5.69 Å². The average Bonchev–Trinajstić information content (AvgIpc) is 3.08. The Kier molecular flexibility index (Phi) is 5.92. The highest BCUT2D eigenvalue weighted by molar-refractivity contribution is 6.31. The minimum atomic E-state index is -0.134. The van der Waals surface area contributed by atoms with Gasteiger partial charge < -0.3 is 10.6 Å². The van der Waals surface area contributed by atoms with Gasteiger partial charge in [0.25, 0.3) is 5.91 Å². The predicted octanol–water partition coefficient (Wildman–Crippen LogP) is 3.05. The third-order valence-electron chi connectivity index (χ3n) is 5.41. The SMILES string of the molecule is Cn1nc(C(=O)NCc2ccncc2)c2c1CCC(NCc1ccccc1Cl)C2. The quantitative estimate of drug-likeness (QED) is 0.656. The molecule has 1 aliphatic carbocycles. The summed E-state index contributed by atoms with van der Waals surface area (Å²) in [7, 11) is 1.91. The van der Waals surface area contributed by atoms with E-state index in [1.165, 1.54) is 0 Å². The number of halogens is 1. The number of fused-ring (bicyclic) bond motifs is 1. The van der Waals surface area contributed by atoms with Crippen LogP contribution < -0.4 is 10.6 Å². The van der Waals surface area contributed by atoms with Crippen molar-refractivity contribution in [3.63, 3.8) is 0 Å². The standard InChI is InChI=1S/C22H24ClN5O/c1-28-20-7-6-17(25-14-16-4-2-3-5-19(16)23)12-18(20)21(27-28)22(29)26-13-15-8-10-24-11-9-15/h2-5,8-11,17,25H,6-7,12-14H2,1H3,(H,26,29). The Balaban J connectivity index is 1.43. The predicted molar refractivity (Wildman–Crippen MR) is 113 cm³/mol. The number of carbonyl (C=O) groups is 1. The van der Waals surface area contributed by atoms with Crippen LogP contribution in [0.2, 0.25) is 5.02 Å². The van der Waals surface area contributed by atoms with Gasteiger partial charge >= 0.3 is 0 Å². The monoisotopic (exact) mass is 409 g/mol. The molecule has 7 heteroatoms. The molecule has 2 N–H and O–H groups in total. The fourth-order valence-electron chi connectivity index (χ4n) is 3.81. The van der Waals surface area contributed by atoms with Gasteiger partial charge in [-0.25, -0.2) is 0 Å². The van der Waals surface area contributed by atoms with Gasteiger partial charge in [0.2, 0.25) is 0 Å². The number of nitrogens with one attached hydrogen (secondary N) is 2. The van der Waals surface area contributed by atoms with Crippen molar-refractivity contribution in [1.29, 1.82) is 0 Å². The van der Waals surface area contributed by atoms with Crippen LogP contribution in [-0.4, -0.2) is 26.7 Å². The summed E-state index contributed by atoms with van der Waals surface area (Å²) in [5, 5.41) is 11.9. The maximum Gasteiger partial charge on any atom is 0.272 e. The van der Waals surface area contributed by atoms with Crippen LogP contribution in [0.1, 0.15) is 39.3 Å². The molecule has 0 saturated carbocycles. The number of nitrogens with zero attached hydrogens (tertiary/aromatic N) is 3. The highest BCUT2D eigenvalue weighted by Crippen LogP contribution is 2.25. The Hall–Kier alpha value is -2.70. The first-order chi connectivity index (χ1) is 14.1. The summed E-state index contributed by atoms with van der Waals surface area (Å²) in [5.74, 6) is -0.134. The minimum absolute atomic E-state index is 0.134. The molecule has 1 aliphatic rings. The number of hydrogen-bond acceptors (Lipinski definition) is 4. The average molecular weight is 410 g/mol. The number of rotatable bonds is 6.